The zero-order valence-electron chi connectivity index (χ0n) is 15.6. The van der Waals surface area contributed by atoms with Gasteiger partial charge in [-0.3, -0.25) is 4.79 Å². The van der Waals surface area contributed by atoms with E-state index in [1.54, 1.807) is 12.1 Å². The molecule has 0 unspecified atom stereocenters. The van der Waals surface area contributed by atoms with E-state index in [1.165, 1.54) is 30.5 Å². The fourth-order valence-electron chi connectivity index (χ4n) is 3.62. The Balaban J connectivity index is 1.50. The quantitative estimate of drug-likeness (QED) is 0.792. The Kier molecular flexibility index (Phi) is 5.00. The molecule has 0 bridgehead atoms. The number of fused-ring (bicyclic) bond motifs is 1. The highest BCUT2D eigenvalue weighted by atomic mass is 19.1. The predicted molar refractivity (Wildman–Crippen MR) is 107 cm³/mol. The molecular weight excluding hydrogens is 362 g/mol. The molecule has 1 amide bonds. The average molecular weight is 384 g/mol. The first kappa shape index (κ1) is 18.4. The van der Waals surface area contributed by atoms with Gasteiger partial charge in [0, 0.05) is 49.3 Å². The monoisotopic (exact) mass is 384 g/mol. The number of nitrogens with one attached hydrogen (secondary N) is 2. The van der Waals surface area contributed by atoms with E-state index in [4.69, 9.17) is 0 Å². The van der Waals surface area contributed by atoms with Gasteiger partial charge in [0.15, 0.2) is 0 Å². The minimum absolute atomic E-state index is 0.310. The lowest BCUT2D eigenvalue weighted by Gasteiger charge is -2.35. The lowest BCUT2D eigenvalue weighted by molar-refractivity contribution is -0.110. The van der Waals surface area contributed by atoms with Gasteiger partial charge in [0.25, 0.3) is 5.91 Å². The van der Waals surface area contributed by atoms with E-state index >= 15 is 0 Å². The van der Waals surface area contributed by atoms with Crippen molar-refractivity contribution in [1.82, 2.24) is 4.90 Å². The van der Waals surface area contributed by atoms with E-state index < -0.39 is 5.82 Å². The van der Waals surface area contributed by atoms with Crippen LogP contribution >= 0.6 is 0 Å². The molecule has 0 aromatic heterocycles. The molecule has 2 aliphatic rings. The Morgan fingerprint density at radius 3 is 2.61 bits per heavy atom. The summed E-state index contributed by atoms with van der Waals surface area (Å²) in [7, 11) is 0. The van der Waals surface area contributed by atoms with Gasteiger partial charge in [-0.1, -0.05) is 6.92 Å². The van der Waals surface area contributed by atoms with Crippen LogP contribution in [0.25, 0.3) is 5.57 Å². The third-order valence-electron chi connectivity index (χ3n) is 5.26. The number of hydrogen-bond acceptors (Lipinski definition) is 4. The summed E-state index contributed by atoms with van der Waals surface area (Å²) in [5.41, 5.74) is 2.48. The predicted octanol–water partition coefficient (Wildman–Crippen LogP) is 3.51. The molecule has 1 fully saturated rings. The Hall–Kier alpha value is -2.93. The van der Waals surface area contributed by atoms with Crippen LogP contribution in [0.15, 0.2) is 42.6 Å². The molecule has 7 heteroatoms. The van der Waals surface area contributed by atoms with Crippen molar-refractivity contribution in [3.8, 4) is 0 Å². The molecule has 146 valence electrons. The number of piperazine rings is 1. The molecule has 28 heavy (non-hydrogen) atoms. The largest absolute Gasteiger partial charge is 0.367 e. The Morgan fingerprint density at radius 1 is 1.11 bits per heavy atom. The van der Waals surface area contributed by atoms with Crippen LogP contribution in [-0.4, -0.2) is 43.5 Å². The Morgan fingerprint density at radius 2 is 1.89 bits per heavy atom. The summed E-state index contributed by atoms with van der Waals surface area (Å²) < 4.78 is 28.1. The van der Waals surface area contributed by atoms with Gasteiger partial charge in [-0.15, -0.1) is 0 Å². The van der Waals surface area contributed by atoms with Gasteiger partial charge in [-0.05, 0) is 42.9 Å². The van der Waals surface area contributed by atoms with Crippen LogP contribution in [0.4, 0.5) is 25.8 Å². The number of rotatable bonds is 4. The number of benzene rings is 2. The van der Waals surface area contributed by atoms with Gasteiger partial charge in [-0.25, -0.2) is 8.78 Å². The molecule has 2 heterocycles. The second-order valence-electron chi connectivity index (χ2n) is 6.93. The lowest BCUT2D eigenvalue weighted by atomic mass is 10.1. The molecule has 0 atom stereocenters. The number of anilines is 3. The summed E-state index contributed by atoms with van der Waals surface area (Å²) in [5.74, 6) is -1.05. The summed E-state index contributed by atoms with van der Waals surface area (Å²) in [6, 6.07) is 9.07. The molecule has 5 nitrogen and oxygen atoms in total. The number of amides is 1. The molecule has 1 saturated heterocycles. The molecule has 0 saturated carbocycles. The van der Waals surface area contributed by atoms with Gasteiger partial charge in [0.2, 0.25) is 0 Å². The van der Waals surface area contributed by atoms with Crippen molar-refractivity contribution in [3.05, 3.63) is 59.8 Å². The first-order valence-corrected chi connectivity index (χ1v) is 9.40. The summed E-state index contributed by atoms with van der Waals surface area (Å²) >= 11 is 0. The van der Waals surface area contributed by atoms with E-state index in [1.807, 2.05) is 4.90 Å². The maximum absolute atomic E-state index is 14.6. The number of carbonyl (C=O) groups excluding carboxylic acids is 1. The fourth-order valence-corrected chi connectivity index (χ4v) is 3.62. The van der Waals surface area contributed by atoms with Crippen molar-refractivity contribution in [2.75, 3.05) is 48.3 Å². The summed E-state index contributed by atoms with van der Waals surface area (Å²) in [5, 5.41) is 5.64. The molecule has 0 radical (unpaired) electrons. The second kappa shape index (κ2) is 7.59. The maximum atomic E-state index is 14.6. The number of hydrogen-bond donors (Lipinski definition) is 2. The van der Waals surface area contributed by atoms with Crippen LogP contribution in [0.1, 0.15) is 12.5 Å². The van der Waals surface area contributed by atoms with Gasteiger partial charge < -0.3 is 20.4 Å². The van der Waals surface area contributed by atoms with Crippen LogP contribution in [0.3, 0.4) is 0 Å². The molecule has 0 aliphatic carbocycles. The topological polar surface area (TPSA) is 47.6 Å². The van der Waals surface area contributed by atoms with Crippen molar-refractivity contribution >= 4 is 28.5 Å². The van der Waals surface area contributed by atoms with Gasteiger partial charge in [-0.2, -0.15) is 0 Å². The summed E-state index contributed by atoms with van der Waals surface area (Å²) in [4.78, 5) is 16.5. The van der Waals surface area contributed by atoms with E-state index in [0.717, 1.165) is 32.7 Å². The van der Waals surface area contributed by atoms with Crippen molar-refractivity contribution in [2.24, 2.45) is 0 Å². The summed E-state index contributed by atoms with van der Waals surface area (Å²) in [6.45, 7) is 6.57. The van der Waals surface area contributed by atoms with Crippen molar-refractivity contribution in [2.45, 2.75) is 6.92 Å². The van der Waals surface area contributed by atoms with Crippen molar-refractivity contribution in [1.29, 1.82) is 0 Å². The van der Waals surface area contributed by atoms with Gasteiger partial charge >= 0.3 is 0 Å². The van der Waals surface area contributed by atoms with E-state index in [-0.39, 0.29) is 11.7 Å². The summed E-state index contributed by atoms with van der Waals surface area (Å²) in [6.07, 6.45) is 1.48. The van der Waals surface area contributed by atoms with Crippen LogP contribution in [0.2, 0.25) is 0 Å². The maximum Gasteiger partial charge on any atom is 0.257 e. The second-order valence-corrected chi connectivity index (χ2v) is 6.93. The highest BCUT2D eigenvalue weighted by molar-refractivity contribution is 6.31. The number of nitrogens with zero attached hydrogens (tertiary/aromatic N) is 2. The highest BCUT2D eigenvalue weighted by Crippen LogP contribution is 2.32. The first-order valence-electron chi connectivity index (χ1n) is 9.40. The number of carbonyl (C=O) groups is 1. The molecule has 4 rings (SSSR count). The normalized spacial score (nSPS) is 18.3. The highest BCUT2D eigenvalue weighted by Gasteiger charge is 2.24. The molecule has 0 spiro atoms. The van der Waals surface area contributed by atoms with Crippen molar-refractivity contribution < 1.29 is 13.6 Å². The van der Waals surface area contributed by atoms with Gasteiger partial charge in [0.1, 0.15) is 11.6 Å². The smallest absolute Gasteiger partial charge is 0.257 e. The minimum Gasteiger partial charge on any atom is -0.367 e. The SMILES string of the molecule is CCN1CCN(c2ccc(N/C=C3/C(=O)Nc4ccc(F)cc43)cc2F)CC1. The Labute approximate surface area is 162 Å². The van der Waals surface area contributed by atoms with Crippen LogP contribution < -0.4 is 15.5 Å². The third-order valence-corrected chi connectivity index (χ3v) is 5.26. The zero-order valence-corrected chi connectivity index (χ0v) is 15.6. The van der Waals surface area contributed by atoms with E-state index in [9.17, 15) is 13.6 Å². The van der Waals surface area contributed by atoms with Crippen molar-refractivity contribution in [3.63, 3.8) is 0 Å². The lowest BCUT2D eigenvalue weighted by Crippen LogP contribution is -2.46. The molecular formula is C21H22F2N4O. The fraction of sp³-hybridized carbons (Fsp3) is 0.286. The Bertz CT molecular complexity index is 936. The van der Waals surface area contributed by atoms with Crippen LogP contribution in [0.5, 0.6) is 0 Å². The van der Waals surface area contributed by atoms with Crippen LogP contribution in [0, 0.1) is 11.6 Å². The third kappa shape index (κ3) is 3.57. The van der Waals surface area contributed by atoms with Gasteiger partial charge in [0.05, 0.1) is 11.3 Å². The number of halogens is 2. The number of likely N-dealkylation sites (N-methyl/N-ethyl adjacent to an activating group) is 1. The first-order chi connectivity index (χ1) is 13.5. The van der Waals surface area contributed by atoms with E-state index in [2.05, 4.69) is 22.5 Å². The average Bonchev–Trinajstić information content (AvgIpc) is 3.01. The van der Waals surface area contributed by atoms with E-state index in [0.29, 0.717) is 28.2 Å². The van der Waals surface area contributed by atoms with Crippen LogP contribution in [-0.2, 0) is 4.79 Å². The standard InChI is InChI=1S/C21H22F2N4O/c1-2-26-7-9-27(10-8-26)20-6-4-15(12-18(20)23)24-13-17-16-11-14(22)3-5-19(16)25-21(17)28/h3-6,11-13,24H,2,7-10H2,1H3,(H,25,28)/b17-13+. The minimum atomic E-state index is -0.417. The molecule has 2 aromatic carbocycles. The zero-order chi connectivity index (χ0) is 19.7. The molecule has 2 N–H and O–H groups in total. The molecule has 2 aromatic rings. The molecule has 2 aliphatic heterocycles.